The standard InChI is InChI=1S/C29H22N4O4S/c1-33-22-6-4-3-5-17(22)11-23(33)29(35)32-21-8-7-16(12-24(21)36-2)20-15-38-27-19(13-31-28(30)25(20)27)26-18(14-34)9-10-37-26/h3-15H,1-2H3,(H2,30,31)(H,32,35). The number of pyridine rings is 1. The zero-order valence-corrected chi connectivity index (χ0v) is 21.3. The molecule has 6 aromatic rings. The fourth-order valence-corrected chi connectivity index (χ4v) is 5.82. The number of fused-ring (bicyclic) bond motifs is 2. The van der Waals surface area contributed by atoms with Crippen molar-refractivity contribution < 1.29 is 18.7 Å². The van der Waals surface area contributed by atoms with Gasteiger partial charge in [0.25, 0.3) is 5.91 Å². The summed E-state index contributed by atoms with van der Waals surface area (Å²) in [5, 5.41) is 6.71. The highest BCUT2D eigenvalue weighted by molar-refractivity contribution is 7.18. The van der Waals surface area contributed by atoms with Gasteiger partial charge in [-0.1, -0.05) is 24.3 Å². The predicted octanol–water partition coefficient (Wildman–Crippen LogP) is 6.37. The molecule has 38 heavy (non-hydrogen) atoms. The maximum absolute atomic E-state index is 13.2. The Labute approximate surface area is 221 Å². The van der Waals surface area contributed by atoms with Crippen molar-refractivity contribution in [3.63, 3.8) is 0 Å². The molecule has 6 rings (SSSR count). The first-order chi connectivity index (χ1) is 18.5. The van der Waals surface area contributed by atoms with E-state index in [4.69, 9.17) is 14.9 Å². The normalized spacial score (nSPS) is 11.2. The molecule has 188 valence electrons. The fraction of sp³-hybridized carbons (Fsp3) is 0.0690. The number of amides is 1. The second-order valence-electron chi connectivity index (χ2n) is 8.75. The van der Waals surface area contributed by atoms with Crippen molar-refractivity contribution in [2.45, 2.75) is 0 Å². The van der Waals surface area contributed by atoms with Gasteiger partial charge in [-0.15, -0.1) is 11.3 Å². The SMILES string of the molecule is COc1cc(-c2csc3c(-c4occc4C=O)cnc(N)c23)ccc1NC(=O)c1cc2ccccc2n1C. The number of carbonyl (C=O) groups excluding carboxylic acids is 2. The molecule has 0 spiro atoms. The number of thiophene rings is 1. The number of benzene rings is 2. The smallest absolute Gasteiger partial charge is 0.272 e. The number of nitrogens with one attached hydrogen (secondary N) is 1. The summed E-state index contributed by atoms with van der Waals surface area (Å²) in [5.74, 6) is 1.09. The van der Waals surface area contributed by atoms with Crippen LogP contribution in [0.5, 0.6) is 5.75 Å². The number of methoxy groups -OCH3 is 1. The Morgan fingerprint density at radius 2 is 2.00 bits per heavy atom. The van der Waals surface area contributed by atoms with Crippen molar-refractivity contribution in [1.29, 1.82) is 0 Å². The Hall–Kier alpha value is -4.89. The summed E-state index contributed by atoms with van der Waals surface area (Å²) in [6, 6.07) is 16.9. The predicted molar refractivity (Wildman–Crippen MR) is 150 cm³/mol. The largest absolute Gasteiger partial charge is 0.495 e. The Morgan fingerprint density at radius 3 is 2.79 bits per heavy atom. The van der Waals surface area contributed by atoms with E-state index >= 15 is 0 Å². The minimum atomic E-state index is -0.238. The Bertz CT molecular complexity index is 1860. The summed E-state index contributed by atoms with van der Waals surface area (Å²) in [7, 11) is 3.43. The van der Waals surface area contributed by atoms with Gasteiger partial charge < -0.3 is 24.8 Å². The Balaban J connectivity index is 1.38. The van der Waals surface area contributed by atoms with E-state index in [9.17, 15) is 9.59 Å². The van der Waals surface area contributed by atoms with Gasteiger partial charge in [0.15, 0.2) is 6.29 Å². The molecule has 3 N–H and O–H groups in total. The Kier molecular flexibility index (Phi) is 5.69. The number of aldehydes is 1. The van der Waals surface area contributed by atoms with E-state index in [0.717, 1.165) is 38.4 Å². The maximum atomic E-state index is 13.2. The molecule has 4 heterocycles. The number of aryl methyl sites for hydroxylation is 1. The molecular weight excluding hydrogens is 500 g/mol. The molecular formula is C29H22N4O4S. The third-order valence-corrected chi connectivity index (χ3v) is 7.65. The minimum Gasteiger partial charge on any atom is -0.495 e. The number of rotatable bonds is 6. The van der Waals surface area contributed by atoms with Crippen LogP contribution in [-0.4, -0.2) is 28.9 Å². The van der Waals surface area contributed by atoms with E-state index in [1.165, 1.54) is 17.6 Å². The van der Waals surface area contributed by atoms with Crippen LogP contribution in [0.1, 0.15) is 20.8 Å². The number of carbonyl (C=O) groups is 2. The van der Waals surface area contributed by atoms with Crippen LogP contribution in [0.15, 0.2) is 76.9 Å². The second-order valence-corrected chi connectivity index (χ2v) is 9.63. The number of nitrogens with zero attached hydrogens (tertiary/aromatic N) is 2. The van der Waals surface area contributed by atoms with Crippen LogP contribution >= 0.6 is 11.3 Å². The molecule has 8 nitrogen and oxygen atoms in total. The molecule has 0 saturated carbocycles. The van der Waals surface area contributed by atoms with E-state index in [2.05, 4.69) is 10.3 Å². The first-order valence-corrected chi connectivity index (χ1v) is 12.6. The molecule has 0 aliphatic carbocycles. The molecule has 9 heteroatoms. The van der Waals surface area contributed by atoms with Crippen LogP contribution in [-0.2, 0) is 7.05 Å². The average molecular weight is 523 g/mol. The third-order valence-electron chi connectivity index (χ3n) is 6.64. The number of hydrogen-bond acceptors (Lipinski definition) is 7. The van der Waals surface area contributed by atoms with Crippen molar-refractivity contribution >= 4 is 56.0 Å². The van der Waals surface area contributed by atoms with E-state index in [1.807, 2.05) is 65.5 Å². The van der Waals surface area contributed by atoms with Gasteiger partial charge in [0.1, 0.15) is 23.0 Å². The van der Waals surface area contributed by atoms with Gasteiger partial charge in [0, 0.05) is 35.1 Å². The van der Waals surface area contributed by atoms with E-state index in [-0.39, 0.29) is 5.91 Å². The van der Waals surface area contributed by atoms with E-state index in [0.29, 0.717) is 39.8 Å². The van der Waals surface area contributed by atoms with Crippen LogP contribution in [0.3, 0.4) is 0 Å². The van der Waals surface area contributed by atoms with Gasteiger partial charge in [0.2, 0.25) is 0 Å². The highest BCUT2D eigenvalue weighted by Crippen LogP contribution is 2.43. The topological polar surface area (TPSA) is 112 Å². The second kappa shape index (κ2) is 9.20. The molecule has 0 aliphatic heterocycles. The Morgan fingerprint density at radius 1 is 1.16 bits per heavy atom. The number of nitrogens with two attached hydrogens (primary N) is 1. The van der Waals surface area contributed by atoms with Crippen LogP contribution in [0.25, 0.3) is 43.4 Å². The molecule has 1 amide bonds. The van der Waals surface area contributed by atoms with Gasteiger partial charge in [-0.25, -0.2) is 4.98 Å². The first kappa shape index (κ1) is 23.5. The van der Waals surface area contributed by atoms with Crippen LogP contribution in [0.2, 0.25) is 0 Å². The van der Waals surface area contributed by atoms with Gasteiger partial charge in [-0.05, 0) is 41.3 Å². The average Bonchev–Trinajstić information content (AvgIpc) is 3.67. The van der Waals surface area contributed by atoms with Crippen LogP contribution in [0, 0.1) is 0 Å². The number of nitrogen functional groups attached to an aromatic ring is 1. The number of furan rings is 1. The molecule has 0 bridgehead atoms. The van der Waals surface area contributed by atoms with E-state index < -0.39 is 0 Å². The van der Waals surface area contributed by atoms with Crippen molar-refractivity contribution in [2.75, 3.05) is 18.2 Å². The summed E-state index contributed by atoms with van der Waals surface area (Å²) >= 11 is 1.49. The van der Waals surface area contributed by atoms with E-state index in [1.54, 1.807) is 19.4 Å². The zero-order valence-electron chi connectivity index (χ0n) is 20.5. The first-order valence-electron chi connectivity index (χ1n) is 11.7. The van der Waals surface area contributed by atoms with Crippen molar-refractivity contribution in [1.82, 2.24) is 9.55 Å². The zero-order chi connectivity index (χ0) is 26.4. The summed E-state index contributed by atoms with van der Waals surface area (Å²) in [4.78, 5) is 29.0. The van der Waals surface area contributed by atoms with Gasteiger partial charge >= 0.3 is 0 Å². The van der Waals surface area contributed by atoms with Crippen molar-refractivity contribution in [2.24, 2.45) is 7.05 Å². The lowest BCUT2D eigenvalue weighted by atomic mass is 10.0. The lowest BCUT2D eigenvalue weighted by Gasteiger charge is -2.13. The lowest BCUT2D eigenvalue weighted by molar-refractivity contribution is 0.101. The monoisotopic (exact) mass is 522 g/mol. The molecule has 0 saturated heterocycles. The highest BCUT2D eigenvalue weighted by atomic mass is 32.1. The molecule has 0 unspecified atom stereocenters. The number of anilines is 2. The third kappa shape index (κ3) is 3.72. The van der Waals surface area contributed by atoms with Crippen LogP contribution < -0.4 is 15.8 Å². The number of ether oxygens (including phenoxy) is 1. The molecule has 0 atom stereocenters. The molecule has 0 aliphatic rings. The molecule has 0 fully saturated rings. The van der Waals surface area contributed by atoms with Gasteiger partial charge in [-0.2, -0.15) is 0 Å². The summed E-state index contributed by atoms with van der Waals surface area (Å²) in [5.41, 5.74) is 11.2. The summed E-state index contributed by atoms with van der Waals surface area (Å²) < 4.78 is 14.0. The maximum Gasteiger partial charge on any atom is 0.272 e. The summed E-state index contributed by atoms with van der Waals surface area (Å²) in [6.07, 6.45) is 3.85. The van der Waals surface area contributed by atoms with Crippen molar-refractivity contribution in [3.05, 3.63) is 83.7 Å². The van der Waals surface area contributed by atoms with Gasteiger partial charge in [-0.3, -0.25) is 9.59 Å². The molecule has 2 aromatic carbocycles. The van der Waals surface area contributed by atoms with Gasteiger partial charge in [0.05, 0.1) is 34.9 Å². The lowest BCUT2D eigenvalue weighted by Crippen LogP contribution is -2.16. The minimum absolute atomic E-state index is 0.238. The van der Waals surface area contributed by atoms with Crippen molar-refractivity contribution in [3.8, 4) is 28.2 Å². The molecule has 0 radical (unpaired) electrons. The fourth-order valence-electron chi connectivity index (χ4n) is 4.73. The summed E-state index contributed by atoms with van der Waals surface area (Å²) in [6.45, 7) is 0. The number of para-hydroxylation sites is 1. The van der Waals surface area contributed by atoms with Crippen LogP contribution in [0.4, 0.5) is 11.5 Å². The quantitative estimate of drug-likeness (QED) is 0.246. The highest BCUT2D eigenvalue weighted by Gasteiger charge is 2.20. The number of hydrogen-bond donors (Lipinski definition) is 2. The molecule has 4 aromatic heterocycles. The number of aromatic nitrogens is 2.